The molecule has 0 radical (unpaired) electrons. The van der Waals surface area contributed by atoms with Crippen LogP contribution in [-0.4, -0.2) is 30.0 Å². The summed E-state index contributed by atoms with van der Waals surface area (Å²) in [5, 5.41) is 0.919. The average Bonchev–Trinajstić information content (AvgIpc) is 3.34. The van der Waals surface area contributed by atoms with Gasteiger partial charge in [-0.1, -0.05) is 29.0 Å². The molecule has 1 aromatic carbocycles. The van der Waals surface area contributed by atoms with E-state index in [1.807, 2.05) is 56.3 Å². The van der Waals surface area contributed by atoms with Gasteiger partial charge in [0, 0.05) is 19.7 Å². The first-order valence-corrected chi connectivity index (χ1v) is 9.89. The van der Waals surface area contributed by atoms with Gasteiger partial charge in [-0.25, -0.2) is 14.8 Å². The lowest BCUT2D eigenvalue weighted by Crippen LogP contribution is -2.07. The quantitative estimate of drug-likeness (QED) is 0.451. The summed E-state index contributed by atoms with van der Waals surface area (Å²) >= 11 is 2.89. The van der Waals surface area contributed by atoms with Crippen molar-refractivity contribution in [2.45, 2.75) is 13.5 Å². The van der Waals surface area contributed by atoms with Crippen LogP contribution in [0.15, 0.2) is 41.0 Å². The molecule has 3 heterocycles. The summed E-state index contributed by atoms with van der Waals surface area (Å²) in [6, 6.07) is 9.72. The standard InChI is InChI=1S/C19H17N3O3S2/c1-11-4-6-12(7-5-11)16-20-13(9-24-16)10-25-18(23)15-8-14-17(26-15)21-19(27-14)22(2)3/h4-9H,10H2,1-3H3. The fraction of sp³-hybridized carbons (Fsp3) is 0.211. The molecule has 4 aromatic rings. The van der Waals surface area contributed by atoms with Crippen molar-refractivity contribution >= 4 is 43.3 Å². The average molecular weight is 399 g/mol. The zero-order valence-corrected chi connectivity index (χ0v) is 16.7. The number of esters is 1. The molecular formula is C19H17N3O3S2. The lowest BCUT2D eigenvalue weighted by Gasteiger charge is -2.05. The number of aromatic nitrogens is 2. The summed E-state index contributed by atoms with van der Waals surface area (Å²) in [5.74, 6) is 0.134. The van der Waals surface area contributed by atoms with Crippen molar-refractivity contribution in [3.05, 3.63) is 52.7 Å². The molecule has 0 atom stereocenters. The third kappa shape index (κ3) is 3.72. The van der Waals surface area contributed by atoms with Gasteiger partial charge in [0.1, 0.15) is 28.3 Å². The lowest BCUT2D eigenvalue weighted by molar-refractivity contribution is 0.0473. The van der Waals surface area contributed by atoms with E-state index in [1.165, 1.54) is 23.2 Å². The van der Waals surface area contributed by atoms with E-state index >= 15 is 0 Å². The topological polar surface area (TPSA) is 68.5 Å². The molecule has 8 heteroatoms. The second-order valence-electron chi connectivity index (χ2n) is 6.26. The van der Waals surface area contributed by atoms with Crippen LogP contribution >= 0.6 is 22.7 Å². The maximum atomic E-state index is 12.3. The highest BCUT2D eigenvalue weighted by Gasteiger charge is 2.17. The number of carbonyl (C=O) groups is 1. The van der Waals surface area contributed by atoms with Crippen LogP contribution in [0.25, 0.3) is 21.0 Å². The first kappa shape index (κ1) is 17.7. The summed E-state index contributed by atoms with van der Waals surface area (Å²) in [4.78, 5) is 24.5. The van der Waals surface area contributed by atoms with Crippen LogP contribution in [0.3, 0.4) is 0 Å². The van der Waals surface area contributed by atoms with Crippen LogP contribution in [0, 0.1) is 6.92 Å². The molecule has 6 nitrogen and oxygen atoms in total. The number of oxazole rings is 1. The minimum atomic E-state index is -0.378. The molecule has 0 aliphatic carbocycles. The van der Waals surface area contributed by atoms with Gasteiger partial charge in [-0.05, 0) is 25.1 Å². The van der Waals surface area contributed by atoms with E-state index < -0.39 is 0 Å². The van der Waals surface area contributed by atoms with Crippen LogP contribution in [0.5, 0.6) is 0 Å². The molecule has 0 unspecified atom stereocenters. The van der Waals surface area contributed by atoms with Gasteiger partial charge in [-0.2, -0.15) is 0 Å². The van der Waals surface area contributed by atoms with E-state index in [0.29, 0.717) is 16.5 Å². The summed E-state index contributed by atoms with van der Waals surface area (Å²) in [5.41, 5.74) is 2.63. The van der Waals surface area contributed by atoms with Crippen molar-refractivity contribution in [3.63, 3.8) is 0 Å². The summed E-state index contributed by atoms with van der Waals surface area (Å²) in [6.07, 6.45) is 1.51. The number of hydrogen-bond acceptors (Lipinski definition) is 8. The number of rotatable bonds is 5. The molecule has 0 amide bonds. The van der Waals surface area contributed by atoms with Crippen molar-refractivity contribution in [2.24, 2.45) is 0 Å². The molecule has 138 valence electrons. The zero-order valence-electron chi connectivity index (χ0n) is 15.1. The monoisotopic (exact) mass is 399 g/mol. The van der Waals surface area contributed by atoms with Crippen molar-refractivity contribution in [3.8, 4) is 11.5 Å². The van der Waals surface area contributed by atoms with E-state index in [9.17, 15) is 4.79 Å². The highest BCUT2D eigenvalue weighted by Crippen LogP contribution is 2.34. The fourth-order valence-electron chi connectivity index (χ4n) is 2.43. The molecule has 0 fully saturated rings. The molecule has 0 N–H and O–H groups in total. The van der Waals surface area contributed by atoms with Crippen molar-refractivity contribution in [1.82, 2.24) is 9.97 Å². The number of aryl methyl sites for hydroxylation is 1. The SMILES string of the molecule is Cc1ccc(-c2nc(COC(=O)c3cc4sc(N(C)C)nc4s3)co2)cc1. The summed E-state index contributed by atoms with van der Waals surface area (Å²) in [6.45, 7) is 2.09. The molecular weight excluding hydrogens is 382 g/mol. The molecule has 0 spiro atoms. The number of thiazole rings is 1. The Morgan fingerprint density at radius 2 is 1.96 bits per heavy atom. The van der Waals surface area contributed by atoms with Gasteiger partial charge in [-0.15, -0.1) is 11.3 Å². The van der Waals surface area contributed by atoms with E-state index in [1.54, 1.807) is 11.3 Å². The van der Waals surface area contributed by atoms with Crippen molar-refractivity contribution in [1.29, 1.82) is 0 Å². The highest BCUT2D eigenvalue weighted by molar-refractivity contribution is 7.29. The first-order chi connectivity index (χ1) is 13.0. The number of anilines is 1. The van der Waals surface area contributed by atoms with E-state index in [2.05, 4.69) is 9.97 Å². The van der Waals surface area contributed by atoms with Gasteiger partial charge < -0.3 is 14.1 Å². The number of hydrogen-bond donors (Lipinski definition) is 0. The molecule has 0 aliphatic heterocycles. The largest absolute Gasteiger partial charge is 0.455 e. The molecule has 0 bridgehead atoms. The van der Waals surface area contributed by atoms with Gasteiger partial charge >= 0.3 is 5.97 Å². The Kier molecular flexibility index (Phi) is 4.67. The Morgan fingerprint density at radius 3 is 2.67 bits per heavy atom. The predicted molar refractivity (Wildman–Crippen MR) is 108 cm³/mol. The van der Waals surface area contributed by atoms with E-state index in [4.69, 9.17) is 9.15 Å². The van der Waals surface area contributed by atoms with Gasteiger partial charge in [0.15, 0.2) is 5.13 Å². The Bertz CT molecular complexity index is 1060. The second kappa shape index (κ2) is 7.13. The van der Waals surface area contributed by atoms with Crippen LogP contribution in [-0.2, 0) is 11.3 Å². The zero-order chi connectivity index (χ0) is 19.0. The van der Waals surface area contributed by atoms with Crippen LogP contribution in [0.4, 0.5) is 5.13 Å². The smallest absolute Gasteiger partial charge is 0.348 e. The number of nitrogens with zero attached hydrogens (tertiary/aromatic N) is 3. The Labute approximate surface area is 164 Å². The third-order valence-electron chi connectivity index (χ3n) is 3.86. The van der Waals surface area contributed by atoms with Crippen molar-refractivity contribution in [2.75, 3.05) is 19.0 Å². The van der Waals surface area contributed by atoms with Gasteiger partial charge in [0.2, 0.25) is 5.89 Å². The number of ether oxygens (including phenoxy) is 1. The molecule has 3 aromatic heterocycles. The summed E-state index contributed by atoms with van der Waals surface area (Å²) in [7, 11) is 3.89. The minimum Gasteiger partial charge on any atom is -0.455 e. The number of carbonyl (C=O) groups excluding carboxylic acids is 1. The second-order valence-corrected chi connectivity index (χ2v) is 8.30. The lowest BCUT2D eigenvalue weighted by atomic mass is 10.1. The van der Waals surface area contributed by atoms with Crippen LogP contribution < -0.4 is 4.90 Å². The Morgan fingerprint density at radius 1 is 1.19 bits per heavy atom. The fourth-order valence-corrected chi connectivity index (χ4v) is 4.46. The van der Waals surface area contributed by atoms with Crippen LogP contribution in [0.2, 0.25) is 0 Å². The molecule has 0 aliphatic rings. The Hall–Kier alpha value is -2.71. The number of fused-ring (bicyclic) bond motifs is 1. The predicted octanol–water partition coefficient (Wildman–Crippen LogP) is 4.74. The van der Waals surface area contributed by atoms with Gasteiger partial charge in [0.25, 0.3) is 0 Å². The summed E-state index contributed by atoms with van der Waals surface area (Å²) < 4.78 is 11.8. The number of benzene rings is 1. The van der Waals surface area contributed by atoms with Gasteiger partial charge in [0.05, 0.1) is 4.70 Å². The van der Waals surface area contributed by atoms with E-state index in [0.717, 1.165) is 20.2 Å². The molecule has 4 rings (SSSR count). The van der Waals surface area contributed by atoms with Crippen molar-refractivity contribution < 1.29 is 13.9 Å². The minimum absolute atomic E-state index is 0.0656. The van der Waals surface area contributed by atoms with Crippen LogP contribution in [0.1, 0.15) is 20.9 Å². The van der Waals surface area contributed by atoms with Gasteiger partial charge in [-0.3, -0.25) is 0 Å². The maximum Gasteiger partial charge on any atom is 0.348 e. The molecule has 0 saturated heterocycles. The Balaban J connectivity index is 1.42. The molecule has 0 saturated carbocycles. The third-order valence-corrected chi connectivity index (χ3v) is 6.17. The molecule has 27 heavy (non-hydrogen) atoms. The normalized spacial score (nSPS) is 11.1. The highest BCUT2D eigenvalue weighted by atomic mass is 32.1. The first-order valence-electron chi connectivity index (χ1n) is 8.26. The maximum absolute atomic E-state index is 12.3. The number of thiophene rings is 1. The van der Waals surface area contributed by atoms with E-state index in [-0.39, 0.29) is 12.6 Å².